The number of amides is 1. The highest BCUT2D eigenvalue weighted by Gasteiger charge is 2.24. The highest BCUT2D eigenvalue weighted by Crippen LogP contribution is 2.38. The third kappa shape index (κ3) is 6.96. The van der Waals surface area contributed by atoms with Crippen molar-refractivity contribution in [2.75, 3.05) is 33.8 Å². The fourth-order valence-electron chi connectivity index (χ4n) is 3.37. The van der Waals surface area contributed by atoms with Crippen molar-refractivity contribution < 1.29 is 42.0 Å². The van der Waals surface area contributed by atoms with Crippen LogP contribution in [0.2, 0.25) is 0 Å². The Balaban J connectivity index is 2.71. The monoisotopic (exact) mass is 507 g/mol. The van der Waals surface area contributed by atoms with Gasteiger partial charge in [-0.05, 0) is 36.8 Å². The van der Waals surface area contributed by atoms with Crippen molar-refractivity contribution >= 4 is 40.2 Å². The molecule has 2 atom stereocenters. The molecule has 0 bridgehead atoms. The van der Waals surface area contributed by atoms with Gasteiger partial charge in [-0.15, -0.1) is 0 Å². The Kier molecular flexibility index (Phi) is 10.1. The summed E-state index contributed by atoms with van der Waals surface area (Å²) in [5.74, 6) is -0.153. The van der Waals surface area contributed by atoms with Crippen LogP contribution < -0.4 is 14.8 Å². The smallest absolute Gasteiger partial charge is 0.303 e. The summed E-state index contributed by atoms with van der Waals surface area (Å²) in [6.45, 7) is 2.62. The highest BCUT2D eigenvalue weighted by molar-refractivity contribution is 7.78. The number of benzene rings is 2. The quantitative estimate of drug-likeness (QED) is 0.203. The SMILES string of the molecule is COC(=C(OC)c1ccccc1OC)c1cc(OC)c(NC(=O)C(C)OC(C)=O)cc1CS(=O)O. The van der Waals surface area contributed by atoms with Crippen molar-refractivity contribution in [2.24, 2.45) is 0 Å². The Labute approximate surface area is 206 Å². The van der Waals surface area contributed by atoms with Crippen molar-refractivity contribution in [1.29, 1.82) is 0 Å². The third-order valence-corrected chi connectivity index (χ3v) is 5.44. The molecule has 0 saturated carbocycles. The van der Waals surface area contributed by atoms with Crippen molar-refractivity contribution in [3.05, 3.63) is 53.1 Å². The molecule has 2 rings (SSSR count). The van der Waals surface area contributed by atoms with Gasteiger partial charge in [0.1, 0.15) is 11.5 Å². The molecule has 35 heavy (non-hydrogen) atoms. The average molecular weight is 508 g/mol. The Morgan fingerprint density at radius 3 is 2.11 bits per heavy atom. The first kappa shape index (κ1) is 27.7. The van der Waals surface area contributed by atoms with Gasteiger partial charge in [0.2, 0.25) is 0 Å². The number of rotatable bonds is 11. The predicted molar refractivity (Wildman–Crippen MR) is 131 cm³/mol. The summed E-state index contributed by atoms with van der Waals surface area (Å²) in [4.78, 5) is 23.7. The zero-order chi connectivity index (χ0) is 26.1. The maximum atomic E-state index is 12.5. The number of carbonyl (C=O) groups excluding carboxylic acids is 2. The van der Waals surface area contributed by atoms with E-state index in [-0.39, 0.29) is 22.9 Å². The molecule has 10 nitrogen and oxygen atoms in total. The molecule has 0 aliphatic carbocycles. The lowest BCUT2D eigenvalue weighted by molar-refractivity contribution is -0.150. The highest BCUT2D eigenvalue weighted by atomic mass is 32.2. The summed E-state index contributed by atoms with van der Waals surface area (Å²) in [7, 11) is 5.83. The molecule has 190 valence electrons. The van der Waals surface area contributed by atoms with Gasteiger partial charge in [-0.2, -0.15) is 0 Å². The number of esters is 1. The zero-order valence-electron chi connectivity index (χ0n) is 20.4. The van der Waals surface area contributed by atoms with Crippen LogP contribution in [0, 0.1) is 0 Å². The molecule has 1 amide bonds. The predicted octanol–water partition coefficient (Wildman–Crippen LogP) is 3.43. The van der Waals surface area contributed by atoms with Crippen LogP contribution in [0.4, 0.5) is 5.69 Å². The Bertz CT molecular complexity index is 1130. The first-order valence-electron chi connectivity index (χ1n) is 10.4. The van der Waals surface area contributed by atoms with Gasteiger partial charge in [-0.3, -0.25) is 9.59 Å². The number of para-hydroxylation sites is 1. The minimum Gasteiger partial charge on any atom is -0.496 e. The van der Waals surface area contributed by atoms with Crippen LogP contribution in [0.5, 0.6) is 11.5 Å². The number of nitrogens with one attached hydrogen (secondary N) is 1. The van der Waals surface area contributed by atoms with Crippen molar-refractivity contribution in [1.82, 2.24) is 0 Å². The molecular formula is C24H29NO9S. The van der Waals surface area contributed by atoms with E-state index in [0.29, 0.717) is 28.2 Å². The number of methoxy groups -OCH3 is 4. The molecule has 0 spiro atoms. The third-order valence-electron chi connectivity index (χ3n) is 4.88. The molecule has 2 unspecified atom stereocenters. The van der Waals surface area contributed by atoms with Crippen LogP contribution >= 0.6 is 0 Å². The van der Waals surface area contributed by atoms with Crippen LogP contribution in [0.25, 0.3) is 11.5 Å². The summed E-state index contributed by atoms with van der Waals surface area (Å²) in [6, 6.07) is 10.2. The number of anilines is 1. The van der Waals surface area contributed by atoms with Gasteiger partial charge in [-0.1, -0.05) is 12.1 Å². The second kappa shape index (κ2) is 12.8. The number of ether oxygens (including phenoxy) is 5. The van der Waals surface area contributed by atoms with Crippen LogP contribution in [-0.2, 0) is 40.6 Å². The van der Waals surface area contributed by atoms with E-state index >= 15 is 0 Å². The molecule has 2 N–H and O–H groups in total. The topological polar surface area (TPSA) is 130 Å². The van der Waals surface area contributed by atoms with E-state index in [1.165, 1.54) is 48.4 Å². The Morgan fingerprint density at radius 1 is 0.971 bits per heavy atom. The van der Waals surface area contributed by atoms with Gasteiger partial charge in [0.25, 0.3) is 5.91 Å². The van der Waals surface area contributed by atoms with Gasteiger partial charge >= 0.3 is 5.97 Å². The fraction of sp³-hybridized carbons (Fsp3) is 0.333. The Hall–Kier alpha value is -3.57. The van der Waals surface area contributed by atoms with Crippen LogP contribution in [0.1, 0.15) is 30.5 Å². The van der Waals surface area contributed by atoms with E-state index in [1.807, 2.05) is 0 Å². The second-order valence-corrected chi connectivity index (χ2v) is 8.11. The minimum absolute atomic E-state index is 0.215. The molecule has 0 aliphatic heterocycles. The molecule has 0 fully saturated rings. The van der Waals surface area contributed by atoms with Crippen molar-refractivity contribution in [3.63, 3.8) is 0 Å². The van der Waals surface area contributed by atoms with Gasteiger partial charge in [0.15, 0.2) is 28.7 Å². The molecule has 0 radical (unpaired) electrons. The van der Waals surface area contributed by atoms with Gasteiger partial charge < -0.3 is 33.6 Å². The number of carbonyl (C=O) groups is 2. The summed E-state index contributed by atoms with van der Waals surface area (Å²) in [6.07, 6.45) is -1.06. The first-order valence-corrected chi connectivity index (χ1v) is 11.7. The summed E-state index contributed by atoms with van der Waals surface area (Å²) in [5, 5.41) is 2.63. The minimum atomic E-state index is -2.22. The number of hydrogen-bond donors (Lipinski definition) is 2. The van der Waals surface area contributed by atoms with Crippen LogP contribution in [0.3, 0.4) is 0 Å². The van der Waals surface area contributed by atoms with E-state index in [0.717, 1.165) is 0 Å². The van der Waals surface area contributed by atoms with E-state index in [4.69, 9.17) is 23.7 Å². The zero-order valence-corrected chi connectivity index (χ0v) is 21.2. The van der Waals surface area contributed by atoms with Gasteiger partial charge in [0, 0.05) is 12.5 Å². The van der Waals surface area contributed by atoms with Gasteiger partial charge in [-0.25, -0.2) is 4.21 Å². The second-order valence-electron chi connectivity index (χ2n) is 7.18. The summed E-state index contributed by atoms with van der Waals surface area (Å²) >= 11 is -2.22. The van der Waals surface area contributed by atoms with Crippen molar-refractivity contribution in [2.45, 2.75) is 25.7 Å². The normalized spacial score (nSPS) is 13.1. The average Bonchev–Trinajstić information content (AvgIpc) is 2.82. The van der Waals surface area contributed by atoms with Gasteiger partial charge in [0.05, 0.1) is 45.4 Å². The Morgan fingerprint density at radius 2 is 1.57 bits per heavy atom. The molecule has 0 aromatic heterocycles. The fourth-order valence-corrected chi connectivity index (χ4v) is 3.88. The molecule has 0 heterocycles. The maximum absolute atomic E-state index is 12.5. The first-order chi connectivity index (χ1) is 16.7. The summed E-state index contributed by atoms with van der Waals surface area (Å²) < 4.78 is 48.6. The lowest BCUT2D eigenvalue weighted by atomic mass is 10.0. The lowest BCUT2D eigenvalue weighted by Crippen LogP contribution is -2.29. The maximum Gasteiger partial charge on any atom is 0.303 e. The lowest BCUT2D eigenvalue weighted by Gasteiger charge is -2.20. The van der Waals surface area contributed by atoms with Crippen molar-refractivity contribution in [3.8, 4) is 11.5 Å². The van der Waals surface area contributed by atoms with Crippen LogP contribution in [0.15, 0.2) is 36.4 Å². The van der Waals surface area contributed by atoms with E-state index in [2.05, 4.69) is 5.32 Å². The molecule has 0 saturated heterocycles. The van der Waals surface area contributed by atoms with E-state index in [1.54, 1.807) is 30.3 Å². The van der Waals surface area contributed by atoms with E-state index < -0.39 is 29.1 Å². The number of hydrogen-bond acceptors (Lipinski definition) is 8. The largest absolute Gasteiger partial charge is 0.496 e. The molecule has 11 heteroatoms. The van der Waals surface area contributed by atoms with E-state index in [9.17, 15) is 18.4 Å². The molecule has 2 aromatic rings. The molecule has 0 aliphatic rings. The standard InChI is InChI=1S/C24H29NO9S/c1-14(34-15(2)26)24(27)25-19-11-16(13-35(28)29)18(12-21(19)31-4)23(33-6)22(32-5)17-9-7-8-10-20(17)30-3/h7-12,14H,13H2,1-6H3,(H,25,27)(H,28,29). The molecule has 2 aromatic carbocycles. The molecular weight excluding hydrogens is 478 g/mol. The summed E-state index contributed by atoms with van der Waals surface area (Å²) in [5.41, 5.74) is 1.58. The van der Waals surface area contributed by atoms with Crippen LogP contribution in [-0.4, -0.2) is 55.2 Å².